The van der Waals surface area contributed by atoms with Gasteiger partial charge in [0.15, 0.2) is 0 Å². The minimum absolute atomic E-state index is 0.278. The predicted octanol–water partition coefficient (Wildman–Crippen LogP) is 10.3. The molecule has 0 saturated carbocycles. The molecule has 1 nitrogen and oxygen atoms in total. The fourth-order valence-corrected chi connectivity index (χ4v) is 12.6. The molecular weight excluding hydrogens is 577 g/mol. The van der Waals surface area contributed by atoms with Crippen LogP contribution in [0.1, 0.15) is 33.4 Å². The van der Waals surface area contributed by atoms with Gasteiger partial charge in [0, 0.05) is 5.54 Å². The number of rotatable bonds is 8. The van der Waals surface area contributed by atoms with E-state index in [4.69, 9.17) is 4.74 Å². The molecule has 0 amide bonds. The van der Waals surface area contributed by atoms with Gasteiger partial charge in [0.2, 0.25) is 0 Å². The summed E-state index contributed by atoms with van der Waals surface area (Å²) in [5.74, 6) is 1.12. The van der Waals surface area contributed by atoms with E-state index in [-0.39, 0.29) is 5.54 Å². The topological polar surface area (TPSA) is 9.23 Å². The van der Waals surface area contributed by atoms with Crippen molar-refractivity contribution in [3.8, 4) is 39.1 Å². The molecule has 1 aliphatic rings. The van der Waals surface area contributed by atoms with E-state index in [1.54, 1.807) is 0 Å². The lowest BCUT2D eigenvalue weighted by atomic mass is 9.97. The lowest BCUT2D eigenvalue weighted by molar-refractivity contribution is 0.368. The Morgan fingerprint density at radius 3 is 1.47 bits per heavy atom. The van der Waals surface area contributed by atoms with Crippen molar-refractivity contribution < 1.29 is 4.74 Å². The van der Waals surface area contributed by atoms with Crippen LogP contribution in [0.4, 0.5) is 0 Å². The third-order valence-corrected chi connectivity index (χ3v) is 15.4. The maximum absolute atomic E-state index is 6.68. The van der Waals surface area contributed by atoms with Crippen molar-refractivity contribution in [2.45, 2.75) is 59.0 Å². The zero-order valence-corrected chi connectivity index (χ0v) is 30.2. The number of hydrogen-bond donors (Lipinski definition) is 0. The molecule has 5 aromatic rings. The lowest BCUT2D eigenvalue weighted by Gasteiger charge is -2.36. The normalized spacial score (nSPS) is 13.0. The van der Waals surface area contributed by atoms with E-state index in [9.17, 15) is 0 Å². The number of hydrogen-bond acceptors (Lipinski definition) is 1. The van der Waals surface area contributed by atoms with Crippen molar-refractivity contribution in [3.63, 3.8) is 0 Å². The third-order valence-electron chi connectivity index (χ3n) is 9.59. The smallest absolute Gasteiger partial charge is 0.118 e. The molecule has 0 fully saturated rings. The Labute approximate surface area is 272 Å². The van der Waals surface area contributed by atoms with Crippen LogP contribution in [-0.2, 0) is 0 Å². The van der Waals surface area contributed by atoms with Crippen molar-refractivity contribution in [1.82, 2.24) is 0 Å². The van der Waals surface area contributed by atoms with Gasteiger partial charge in [-0.15, -0.1) is 0 Å². The van der Waals surface area contributed by atoms with Gasteiger partial charge >= 0.3 is 0 Å². The Kier molecular flexibility index (Phi) is 8.13. The first-order chi connectivity index (χ1) is 21.4. The van der Waals surface area contributed by atoms with Crippen LogP contribution < -0.4 is 15.1 Å². The maximum atomic E-state index is 6.68. The van der Waals surface area contributed by atoms with E-state index >= 15 is 0 Å². The number of aryl methyl sites for hydroxylation is 3. The first-order valence-electron chi connectivity index (χ1n) is 16.2. The molecule has 5 aromatic carbocycles. The minimum atomic E-state index is -2.29. The first kappa shape index (κ1) is 31.1. The molecule has 0 radical (unpaired) electrons. The van der Waals surface area contributed by atoms with Gasteiger partial charge in [-0.05, 0) is 75.7 Å². The SMILES string of the molecule is C=CCOc1c([Si](C)(C)C)cc(C)cc1[Si](C)(C)C1c2cc(-c3ccc(C)cc3)ccc2-c2ccc(-c3ccc(C)cc3)cc21. The van der Waals surface area contributed by atoms with Crippen LogP contribution in [0, 0.1) is 20.8 Å². The van der Waals surface area contributed by atoms with Gasteiger partial charge < -0.3 is 4.74 Å². The fourth-order valence-electron chi connectivity index (χ4n) is 7.15. The summed E-state index contributed by atoms with van der Waals surface area (Å²) >= 11 is 0. The van der Waals surface area contributed by atoms with Crippen molar-refractivity contribution in [2.24, 2.45) is 0 Å². The molecule has 0 aromatic heterocycles. The van der Waals surface area contributed by atoms with Gasteiger partial charge in [-0.2, -0.15) is 0 Å². The number of benzene rings is 5. The average Bonchev–Trinajstić information content (AvgIpc) is 3.34. The molecule has 1 aliphatic carbocycles. The highest BCUT2D eigenvalue weighted by molar-refractivity contribution is 6.94. The average molecular weight is 623 g/mol. The number of fused-ring (bicyclic) bond motifs is 3. The highest BCUT2D eigenvalue weighted by atomic mass is 28.3. The van der Waals surface area contributed by atoms with E-state index in [0.29, 0.717) is 6.61 Å². The monoisotopic (exact) mass is 622 g/mol. The zero-order valence-electron chi connectivity index (χ0n) is 28.2. The van der Waals surface area contributed by atoms with E-state index < -0.39 is 16.1 Å². The maximum Gasteiger partial charge on any atom is 0.118 e. The van der Waals surface area contributed by atoms with Crippen molar-refractivity contribution in [3.05, 3.63) is 138 Å². The van der Waals surface area contributed by atoms with Gasteiger partial charge in [-0.3, -0.25) is 0 Å². The van der Waals surface area contributed by atoms with Crippen molar-refractivity contribution >= 4 is 26.5 Å². The molecule has 228 valence electrons. The Morgan fingerprint density at radius 1 is 0.578 bits per heavy atom. The molecule has 0 atom stereocenters. The summed E-state index contributed by atoms with van der Waals surface area (Å²) in [5, 5.41) is 2.84. The van der Waals surface area contributed by atoms with Crippen LogP contribution in [0.15, 0.2) is 110 Å². The number of ether oxygens (including phenoxy) is 1. The van der Waals surface area contributed by atoms with Gasteiger partial charge in [-0.1, -0.05) is 159 Å². The van der Waals surface area contributed by atoms with Crippen molar-refractivity contribution in [1.29, 1.82) is 0 Å². The van der Waals surface area contributed by atoms with E-state index in [2.05, 4.69) is 157 Å². The van der Waals surface area contributed by atoms with Gasteiger partial charge in [0.1, 0.15) is 12.4 Å². The fraction of sp³-hybridized carbons (Fsp3) is 0.238. The Balaban J connectivity index is 1.60. The van der Waals surface area contributed by atoms with E-state index in [1.165, 1.54) is 71.6 Å². The van der Waals surface area contributed by atoms with E-state index in [1.807, 2.05) is 6.08 Å². The highest BCUT2D eigenvalue weighted by Gasteiger charge is 2.45. The molecule has 0 spiro atoms. The summed E-state index contributed by atoms with van der Waals surface area (Å²) in [4.78, 5) is 0. The first-order valence-corrected chi connectivity index (χ1v) is 22.8. The molecule has 0 heterocycles. The van der Waals surface area contributed by atoms with Gasteiger partial charge in [0.05, 0.1) is 16.1 Å². The third kappa shape index (κ3) is 5.80. The molecule has 0 aliphatic heterocycles. The molecule has 0 N–H and O–H groups in total. The zero-order chi connectivity index (χ0) is 32.1. The van der Waals surface area contributed by atoms with Crippen LogP contribution in [0.3, 0.4) is 0 Å². The second-order valence-electron chi connectivity index (χ2n) is 14.5. The summed E-state index contributed by atoms with van der Waals surface area (Å²) in [6.45, 7) is 23.5. The minimum Gasteiger partial charge on any atom is -0.490 e. The second kappa shape index (κ2) is 11.8. The summed E-state index contributed by atoms with van der Waals surface area (Å²) in [6, 6.07) is 37.1. The highest BCUT2D eigenvalue weighted by Crippen LogP contribution is 2.51. The van der Waals surface area contributed by atoms with Crippen LogP contribution in [0.2, 0.25) is 32.7 Å². The molecule has 6 rings (SSSR count). The quantitative estimate of drug-likeness (QED) is 0.124. The lowest BCUT2D eigenvalue weighted by Crippen LogP contribution is -2.52. The molecular formula is C42H46OSi2. The molecule has 3 heteroatoms. The Morgan fingerprint density at radius 2 is 1.02 bits per heavy atom. The Bertz CT molecular complexity index is 1800. The molecule has 0 unspecified atom stereocenters. The predicted molar refractivity (Wildman–Crippen MR) is 201 cm³/mol. The van der Waals surface area contributed by atoms with Crippen molar-refractivity contribution in [2.75, 3.05) is 6.61 Å². The van der Waals surface area contributed by atoms with Gasteiger partial charge in [-0.25, -0.2) is 0 Å². The molecule has 0 bridgehead atoms. The van der Waals surface area contributed by atoms with E-state index in [0.717, 1.165) is 5.75 Å². The Hall–Kier alpha value is -3.93. The summed E-state index contributed by atoms with van der Waals surface area (Å²) in [5.41, 5.74) is 14.9. The molecule has 0 saturated heterocycles. The summed E-state index contributed by atoms with van der Waals surface area (Å²) < 4.78 is 6.68. The van der Waals surface area contributed by atoms with Crippen LogP contribution in [0.25, 0.3) is 33.4 Å². The summed E-state index contributed by atoms with van der Waals surface area (Å²) in [6.07, 6.45) is 1.88. The summed E-state index contributed by atoms with van der Waals surface area (Å²) in [7, 11) is -3.99. The van der Waals surface area contributed by atoms with Crippen LogP contribution >= 0.6 is 0 Å². The van der Waals surface area contributed by atoms with Crippen LogP contribution in [0.5, 0.6) is 5.75 Å². The standard InChI is InChI=1S/C42H46OSi2/c1-10-23-43-41-39(44(5,6)7)24-30(4)25-40(41)45(8,9)42-37-26-33(31-15-11-28(2)12-16-31)19-21-35(37)36-22-20-34(27-38(36)42)32-17-13-29(3)14-18-32/h10-22,24-27,42H,1,23H2,2-9H3. The largest absolute Gasteiger partial charge is 0.490 e. The van der Waals surface area contributed by atoms with Gasteiger partial charge in [0.25, 0.3) is 0 Å². The van der Waals surface area contributed by atoms with Crippen LogP contribution in [-0.4, -0.2) is 22.8 Å². The molecule has 45 heavy (non-hydrogen) atoms. The second-order valence-corrected chi connectivity index (χ2v) is 24.1.